The first-order chi connectivity index (χ1) is 11.3. The minimum atomic E-state index is -3.79. The lowest BCUT2D eigenvalue weighted by Gasteiger charge is -2.29. The van der Waals surface area contributed by atoms with Crippen molar-refractivity contribution in [1.29, 1.82) is 0 Å². The summed E-state index contributed by atoms with van der Waals surface area (Å²) < 4.78 is 35.1. The van der Waals surface area contributed by atoms with E-state index in [4.69, 9.17) is 18.1 Å². The van der Waals surface area contributed by atoms with E-state index in [1.54, 1.807) is 27.7 Å². The molecule has 0 atom stereocenters. The maximum absolute atomic E-state index is 12.0. The molecule has 3 N–H and O–H groups in total. The molecule has 0 aromatic heterocycles. The van der Waals surface area contributed by atoms with Gasteiger partial charge in [0.05, 0.1) is 32.5 Å². The molecule has 1 aliphatic rings. The summed E-state index contributed by atoms with van der Waals surface area (Å²) >= 11 is 0. The van der Waals surface area contributed by atoms with Gasteiger partial charge in [0, 0.05) is 0 Å². The summed E-state index contributed by atoms with van der Waals surface area (Å²) in [5.74, 6) is 0. The highest BCUT2D eigenvalue weighted by atomic mass is 31.2. The van der Waals surface area contributed by atoms with Crippen molar-refractivity contribution in [2.24, 2.45) is 4.52 Å². The van der Waals surface area contributed by atoms with Crippen LogP contribution in [0.4, 0.5) is 0 Å². The van der Waals surface area contributed by atoms with Crippen LogP contribution < -0.4 is 10.6 Å². The van der Waals surface area contributed by atoms with Crippen LogP contribution in [0.2, 0.25) is 0 Å². The molecule has 0 saturated heterocycles. The van der Waals surface area contributed by atoms with Crippen LogP contribution in [0.25, 0.3) is 0 Å². The molecule has 0 radical (unpaired) electrons. The lowest BCUT2D eigenvalue weighted by Crippen LogP contribution is -2.61. The Morgan fingerprint density at radius 2 is 1.33 bits per heavy atom. The van der Waals surface area contributed by atoms with E-state index in [0.29, 0.717) is 0 Å². The van der Waals surface area contributed by atoms with Crippen molar-refractivity contribution in [1.82, 2.24) is 0 Å². The van der Waals surface area contributed by atoms with Crippen LogP contribution in [0.15, 0.2) is 4.52 Å². The van der Waals surface area contributed by atoms with Gasteiger partial charge < -0.3 is 19.7 Å². The molecule has 0 spiro atoms. The Bertz CT molecular complexity index is 396. The second kappa shape index (κ2) is 13.4. The summed E-state index contributed by atoms with van der Waals surface area (Å²) in [5.41, 5.74) is 4.00. The van der Waals surface area contributed by atoms with E-state index in [9.17, 15) is 9.46 Å². The number of quaternary nitrogens is 1. The lowest BCUT2D eigenvalue weighted by molar-refractivity contribution is -0.425. The maximum Gasteiger partial charge on any atom is 0.455 e. The van der Waals surface area contributed by atoms with Gasteiger partial charge in [0.25, 0.3) is 0 Å². The largest absolute Gasteiger partial charge is 0.773 e. The predicted octanol–water partition coefficient (Wildman–Crippen LogP) is 3.11. The van der Waals surface area contributed by atoms with Crippen molar-refractivity contribution in [3.05, 3.63) is 0 Å². The highest BCUT2D eigenvalue weighted by molar-refractivity contribution is 7.62. The molecule has 1 saturated carbocycles. The first-order valence-corrected chi connectivity index (χ1v) is 11.7. The topological polar surface area (TPSA) is 117 Å². The zero-order valence-corrected chi connectivity index (χ0v) is 17.2. The van der Waals surface area contributed by atoms with Crippen LogP contribution in [0.3, 0.4) is 0 Å². The number of nitrogens with zero attached hydrogens (tertiary/aromatic N) is 1. The van der Waals surface area contributed by atoms with Crippen LogP contribution in [-0.2, 0) is 22.7 Å². The van der Waals surface area contributed by atoms with Gasteiger partial charge in [-0.15, -0.1) is 0 Å². The standard InChI is InChI=1S/C8H20NO6P2.C6H13N/c1-5-12-16(10,13-6-2)9-17(11,14-7-3)15-8-4;7-6-4-2-1-3-5-6/h5-8H2,1-4H3;6H,1-5,7H2/q-1;/p+1. The third-order valence-corrected chi connectivity index (χ3v) is 7.20. The molecule has 0 aromatic rings. The molecule has 0 heterocycles. The van der Waals surface area contributed by atoms with Crippen molar-refractivity contribution >= 4 is 15.5 Å². The quantitative estimate of drug-likeness (QED) is 0.607. The van der Waals surface area contributed by atoms with Crippen molar-refractivity contribution in [2.45, 2.75) is 65.8 Å². The first-order valence-electron chi connectivity index (χ1n) is 8.70. The third kappa shape index (κ3) is 11.0. The minimum Gasteiger partial charge on any atom is -0.773 e. The average molecular weight is 388 g/mol. The molecule has 1 aliphatic carbocycles. The van der Waals surface area contributed by atoms with E-state index < -0.39 is 15.5 Å². The van der Waals surface area contributed by atoms with E-state index in [0.717, 1.165) is 6.04 Å². The predicted molar refractivity (Wildman–Crippen MR) is 93.2 cm³/mol. The Kier molecular flexibility index (Phi) is 13.6. The molecule has 0 amide bonds. The van der Waals surface area contributed by atoms with Gasteiger partial charge in [0.2, 0.25) is 0 Å². The second-order valence-corrected chi connectivity index (χ2v) is 8.82. The smallest absolute Gasteiger partial charge is 0.455 e. The fraction of sp³-hybridized carbons (Fsp3) is 1.00. The molecule has 24 heavy (non-hydrogen) atoms. The first kappa shape index (κ1) is 24.2. The molecule has 0 aliphatic heterocycles. The molecule has 0 bridgehead atoms. The minimum absolute atomic E-state index is 0.124. The highest BCUT2D eigenvalue weighted by Crippen LogP contribution is 2.60. The summed E-state index contributed by atoms with van der Waals surface area (Å²) in [5, 5.41) is 0. The molecular weight excluding hydrogens is 354 g/mol. The molecule has 1 rings (SSSR count). The Morgan fingerprint density at radius 1 is 0.917 bits per heavy atom. The molecular formula is C14H34N2O6P2. The summed E-state index contributed by atoms with van der Waals surface area (Å²) in [6.07, 6.45) is 7.05. The molecule has 146 valence electrons. The van der Waals surface area contributed by atoms with E-state index in [-0.39, 0.29) is 26.4 Å². The zero-order chi connectivity index (χ0) is 18.5. The summed E-state index contributed by atoms with van der Waals surface area (Å²) in [7, 11) is -7.58. The van der Waals surface area contributed by atoms with E-state index in [2.05, 4.69) is 10.2 Å². The molecule has 0 aromatic carbocycles. The Balaban J connectivity index is 0.000000620. The molecule has 10 heteroatoms. The van der Waals surface area contributed by atoms with Gasteiger partial charge in [0.1, 0.15) is 0 Å². The van der Waals surface area contributed by atoms with Gasteiger partial charge in [-0.25, -0.2) is 4.57 Å². The average Bonchev–Trinajstić information content (AvgIpc) is 2.49. The molecule has 8 nitrogen and oxygen atoms in total. The lowest BCUT2D eigenvalue weighted by atomic mass is 9.97. The van der Waals surface area contributed by atoms with Crippen LogP contribution in [0, 0.1) is 0 Å². The van der Waals surface area contributed by atoms with E-state index in [1.165, 1.54) is 32.1 Å². The summed E-state index contributed by atoms with van der Waals surface area (Å²) in [6.45, 7) is 7.03. The van der Waals surface area contributed by atoms with Gasteiger partial charge in [-0.05, 0) is 53.4 Å². The number of hydrogen-bond acceptors (Lipinski definition) is 6. The summed E-state index contributed by atoms with van der Waals surface area (Å²) in [6, 6.07) is 0.786. The van der Waals surface area contributed by atoms with Crippen molar-refractivity contribution in [3.63, 3.8) is 0 Å². The van der Waals surface area contributed by atoms with Crippen molar-refractivity contribution in [3.8, 4) is 0 Å². The summed E-state index contributed by atoms with van der Waals surface area (Å²) in [4.78, 5) is 12.0. The van der Waals surface area contributed by atoms with Gasteiger partial charge in [-0.2, -0.15) is 4.52 Å². The van der Waals surface area contributed by atoms with Gasteiger partial charge in [-0.1, -0.05) is 6.42 Å². The van der Waals surface area contributed by atoms with Gasteiger partial charge in [0.15, 0.2) is 7.74 Å². The number of hydrogen-bond donors (Lipinski definition) is 1. The van der Waals surface area contributed by atoms with Crippen LogP contribution in [0.1, 0.15) is 59.8 Å². The Hall–Kier alpha value is 0.220. The Morgan fingerprint density at radius 3 is 1.62 bits per heavy atom. The van der Waals surface area contributed by atoms with Crippen molar-refractivity contribution in [2.75, 3.05) is 26.4 Å². The maximum atomic E-state index is 12.0. The van der Waals surface area contributed by atoms with Crippen LogP contribution in [-0.4, -0.2) is 32.5 Å². The number of rotatable bonds is 9. The fourth-order valence-electron chi connectivity index (χ4n) is 2.15. The normalized spacial score (nSPS) is 16.4. The van der Waals surface area contributed by atoms with E-state index in [1.807, 2.05) is 0 Å². The SMILES string of the molecule is CCOP(=O)(N=P([O-])(OCC)OCC)OCC.[NH3+]C1CCCCC1. The highest BCUT2D eigenvalue weighted by Gasteiger charge is 2.25. The third-order valence-electron chi connectivity index (χ3n) is 3.11. The van der Waals surface area contributed by atoms with Crippen LogP contribution in [0.5, 0.6) is 0 Å². The van der Waals surface area contributed by atoms with Crippen molar-refractivity contribution < 1.29 is 33.3 Å². The molecule has 0 unspecified atom stereocenters. The van der Waals surface area contributed by atoms with E-state index >= 15 is 0 Å². The van der Waals surface area contributed by atoms with Gasteiger partial charge >= 0.3 is 7.75 Å². The second-order valence-electron chi connectivity index (χ2n) is 5.20. The zero-order valence-electron chi connectivity index (χ0n) is 15.4. The molecule has 1 fully saturated rings. The van der Waals surface area contributed by atoms with Crippen LogP contribution >= 0.6 is 15.5 Å². The Labute approximate surface area is 146 Å². The van der Waals surface area contributed by atoms with Gasteiger partial charge in [-0.3, -0.25) is 9.05 Å². The monoisotopic (exact) mass is 388 g/mol. The fourth-order valence-corrected chi connectivity index (χ4v) is 5.51.